The predicted molar refractivity (Wildman–Crippen MR) is 89.1 cm³/mol. The molecule has 26 heavy (non-hydrogen) atoms. The van der Waals surface area contributed by atoms with Gasteiger partial charge in [0.05, 0.1) is 11.6 Å². The van der Waals surface area contributed by atoms with Crippen molar-refractivity contribution < 1.29 is 27.1 Å². The summed E-state index contributed by atoms with van der Waals surface area (Å²) < 4.78 is 57.8. The fourth-order valence-corrected chi connectivity index (χ4v) is 2.90. The highest BCUT2D eigenvalue weighted by Gasteiger charge is 2.35. The third kappa shape index (κ3) is 5.59. The summed E-state index contributed by atoms with van der Waals surface area (Å²) in [5.41, 5.74) is -1.90. The van der Waals surface area contributed by atoms with E-state index in [0.717, 1.165) is 25.2 Å². The number of likely N-dealkylation sites (tertiary alicyclic amines) is 1. The zero-order chi connectivity index (χ0) is 19.7. The Hall–Kier alpha value is -1.83. The second-order valence-corrected chi connectivity index (χ2v) is 7.76. The number of carbonyl (C=O) groups is 1. The molecule has 0 radical (unpaired) electrons. The first kappa shape index (κ1) is 20.5. The molecule has 0 bridgehead atoms. The molecule has 146 valence electrons. The summed E-state index contributed by atoms with van der Waals surface area (Å²) >= 11 is 0. The van der Waals surface area contributed by atoms with Gasteiger partial charge in [0, 0.05) is 19.6 Å². The molecule has 1 aliphatic rings. The van der Waals surface area contributed by atoms with Gasteiger partial charge in [-0.25, -0.2) is 9.18 Å². The van der Waals surface area contributed by atoms with Crippen LogP contribution in [-0.4, -0.2) is 36.2 Å². The van der Waals surface area contributed by atoms with E-state index in [1.165, 1.54) is 6.07 Å². The molecule has 1 fully saturated rings. The van der Waals surface area contributed by atoms with E-state index in [2.05, 4.69) is 12.2 Å². The summed E-state index contributed by atoms with van der Waals surface area (Å²) in [6, 6.07) is 2.05. The molecule has 1 aliphatic heterocycles. The van der Waals surface area contributed by atoms with Crippen LogP contribution < -0.4 is 5.32 Å². The lowest BCUT2D eigenvalue weighted by atomic mass is 9.98. The van der Waals surface area contributed by atoms with Gasteiger partial charge >= 0.3 is 12.3 Å². The van der Waals surface area contributed by atoms with Gasteiger partial charge in [0.1, 0.15) is 11.4 Å². The van der Waals surface area contributed by atoms with E-state index in [4.69, 9.17) is 4.74 Å². The van der Waals surface area contributed by atoms with Crippen molar-refractivity contribution in [3.63, 3.8) is 0 Å². The Bertz CT molecular complexity index is 650. The van der Waals surface area contributed by atoms with E-state index >= 15 is 0 Å². The van der Waals surface area contributed by atoms with Gasteiger partial charge < -0.3 is 15.0 Å². The number of alkyl carbamates (subject to hydrolysis) is 1. The molecule has 0 aromatic heterocycles. The smallest absolute Gasteiger partial charge is 0.419 e. The fraction of sp³-hybridized carbons (Fsp3) is 0.611. The van der Waals surface area contributed by atoms with Crippen LogP contribution in [0.5, 0.6) is 0 Å². The molecule has 1 heterocycles. The van der Waals surface area contributed by atoms with Crippen molar-refractivity contribution in [3.05, 3.63) is 35.1 Å². The third-order valence-electron chi connectivity index (χ3n) is 3.97. The number of alkyl halides is 3. The topological polar surface area (TPSA) is 41.6 Å². The van der Waals surface area contributed by atoms with Gasteiger partial charge in [-0.3, -0.25) is 0 Å². The van der Waals surface area contributed by atoms with E-state index in [1.807, 2.05) is 4.90 Å². The number of hydrogen-bond donors (Lipinski definition) is 1. The van der Waals surface area contributed by atoms with Crippen LogP contribution >= 0.6 is 0 Å². The lowest BCUT2D eigenvalue weighted by Crippen LogP contribution is -2.49. The van der Waals surface area contributed by atoms with E-state index in [1.54, 1.807) is 20.8 Å². The molecule has 1 atom stereocenters. The summed E-state index contributed by atoms with van der Waals surface area (Å²) in [5.74, 6) is -0.842. The number of nitrogens with zero attached hydrogens (tertiary/aromatic N) is 1. The Labute approximate surface area is 150 Å². The first-order chi connectivity index (χ1) is 11.8. The number of carbonyl (C=O) groups excluding carboxylic acids is 1. The monoisotopic (exact) mass is 376 g/mol. The Morgan fingerprint density at radius 1 is 1.31 bits per heavy atom. The molecule has 0 unspecified atom stereocenters. The molecule has 1 aromatic rings. The lowest BCUT2D eigenvalue weighted by Gasteiger charge is -2.39. The van der Waals surface area contributed by atoms with Gasteiger partial charge in [-0.1, -0.05) is 13.0 Å². The number of nitrogens with one attached hydrogen (secondary N) is 1. The van der Waals surface area contributed by atoms with Gasteiger partial charge in [-0.15, -0.1) is 0 Å². The average molecular weight is 376 g/mol. The number of benzene rings is 1. The first-order valence-electron chi connectivity index (χ1n) is 8.43. The van der Waals surface area contributed by atoms with Crippen LogP contribution in [0.1, 0.15) is 44.9 Å². The van der Waals surface area contributed by atoms with E-state index in [-0.39, 0.29) is 5.56 Å². The maximum atomic E-state index is 13.6. The average Bonchev–Trinajstić information content (AvgIpc) is 2.42. The van der Waals surface area contributed by atoms with Crippen molar-refractivity contribution in [3.8, 4) is 0 Å². The highest BCUT2D eigenvalue weighted by Crippen LogP contribution is 2.33. The highest BCUT2D eigenvalue weighted by molar-refractivity contribution is 5.68. The summed E-state index contributed by atoms with van der Waals surface area (Å²) in [4.78, 5) is 14.1. The number of rotatable bonds is 4. The molecule has 4 nitrogen and oxygen atoms in total. The Balaban J connectivity index is 2.24. The summed E-state index contributed by atoms with van der Waals surface area (Å²) in [5, 5.41) is 2.61. The minimum Gasteiger partial charge on any atom is -0.444 e. The van der Waals surface area contributed by atoms with Gasteiger partial charge in [0.15, 0.2) is 0 Å². The van der Waals surface area contributed by atoms with Crippen molar-refractivity contribution in [2.24, 2.45) is 5.92 Å². The molecular weight excluding hydrogens is 352 g/mol. The van der Waals surface area contributed by atoms with Crippen molar-refractivity contribution in [2.75, 3.05) is 19.6 Å². The Morgan fingerprint density at radius 2 is 1.92 bits per heavy atom. The van der Waals surface area contributed by atoms with Crippen LogP contribution in [0.4, 0.5) is 22.4 Å². The predicted octanol–water partition coefficient (Wildman–Crippen LogP) is 4.36. The molecular formula is C18H24F4N2O2. The van der Waals surface area contributed by atoms with Crippen LogP contribution in [0.25, 0.3) is 0 Å². The first-order valence-corrected chi connectivity index (χ1v) is 8.43. The van der Waals surface area contributed by atoms with Gasteiger partial charge in [-0.05, 0) is 44.4 Å². The second-order valence-electron chi connectivity index (χ2n) is 7.76. The minimum atomic E-state index is -4.80. The summed E-state index contributed by atoms with van der Waals surface area (Å²) in [6.45, 7) is 9.05. The van der Waals surface area contributed by atoms with Crippen LogP contribution in [0.15, 0.2) is 18.2 Å². The van der Waals surface area contributed by atoms with Crippen molar-refractivity contribution in [1.82, 2.24) is 10.2 Å². The Morgan fingerprint density at radius 3 is 2.42 bits per heavy atom. The van der Waals surface area contributed by atoms with Crippen molar-refractivity contribution in [2.45, 2.75) is 45.5 Å². The molecule has 0 spiro atoms. The molecule has 1 N–H and O–H groups in total. The summed E-state index contributed by atoms with van der Waals surface area (Å²) in [6.07, 6.45) is -5.53. The third-order valence-corrected chi connectivity index (χ3v) is 3.97. The number of hydrogen-bond acceptors (Lipinski definition) is 3. The van der Waals surface area contributed by atoms with Gasteiger partial charge in [-0.2, -0.15) is 13.2 Å². The Kier molecular flexibility index (Phi) is 5.85. The largest absolute Gasteiger partial charge is 0.444 e. The van der Waals surface area contributed by atoms with E-state index in [9.17, 15) is 22.4 Å². The standard InChI is InChI=1S/C18H24F4N2O2/c1-11-8-24(9-11)10-15(23-16(25)26-17(2,3)4)12-5-6-14(19)13(7-12)18(20,21)22/h5-7,11,15H,8-10H2,1-4H3,(H,23,25)/t15-/m1/s1. The minimum absolute atomic E-state index is 0.184. The lowest BCUT2D eigenvalue weighted by molar-refractivity contribution is -0.140. The molecule has 1 amide bonds. The van der Waals surface area contributed by atoms with Crippen LogP contribution in [-0.2, 0) is 10.9 Å². The van der Waals surface area contributed by atoms with Crippen LogP contribution in [0, 0.1) is 11.7 Å². The molecule has 1 aromatic carbocycles. The van der Waals surface area contributed by atoms with Gasteiger partial charge in [0.2, 0.25) is 0 Å². The molecule has 0 saturated carbocycles. The summed E-state index contributed by atoms with van der Waals surface area (Å²) in [7, 11) is 0. The van der Waals surface area contributed by atoms with E-state index in [0.29, 0.717) is 12.5 Å². The quantitative estimate of drug-likeness (QED) is 0.794. The second kappa shape index (κ2) is 7.42. The van der Waals surface area contributed by atoms with Gasteiger partial charge in [0.25, 0.3) is 0 Å². The molecule has 8 heteroatoms. The normalized spacial score (nSPS) is 17.5. The fourth-order valence-electron chi connectivity index (χ4n) is 2.90. The SMILES string of the molecule is CC1CN(C[C@@H](NC(=O)OC(C)(C)C)c2ccc(F)c(C(F)(F)F)c2)C1. The zero-order valence-electron chi connectivity index (χ0n) is 15.3. The van der Waals surface area contributed by atoms with Crippen LogP contribution in [0.2, 0.25) is 0 Å². The zero-order valence-corrected chi connectivity index (χ0v) is 15.3. The molecule has 1 saturated heterocycles. The number of ether oxygens (including phenoxy) is 1. The molecule has 2 rings (SSSR count). The van der Waals surface area contributed by atoms with E-state index < -0.39 is 35.3 Å². The molecule has 0 aliphatic carbocycles. The number of amides is 1. The maximum absolute atomic E-state index is 13.6. The highest BCUT2D eigenvalue weighted by atomic mass is 19.4. The van der Waals surface area contributed by atoms with Crippen LogP contribution in [0.3, 0.4) is 0 Å². The maximum Gasteiger partial charge on any atom is 0.419 e. The van der Waals surface area contributed by atoms with Crippen molar-refractivity contribution >= 4 is 6.09 Å². The van der Waals surface area contributed by atoms with Crippen molar-refractivity contribution in [1.29, 1.82) is 0 Å². The number of halogens is 4.